The number of aliphatic hydroxyl groups is 1. The maximum atomic E-state index is 12.9. The molecule has 8 heteroatoms. The number of likely N-dealkylation sites (N-methyl/N-ethyl adjacent to an activating group) is 1. The summed E-state index contributed by atoms with van der Waals surface area (Å²) in [7, 11) is 3.50. The lowest BCUT2D eigenvalue weighted by atomic mass is 10.1. The minimum absolute atomic E-state index is 0. The number of ether oxygens (including phenoxy) is 2. The van der Waals surface area contributed by atoms with Crippen LogP contribution in [0.1, 0.15) is 18.6 Å². The van der Waals surface area contributed by atoms with Crippen molar-refractivity contribution < 1.29 is 19.0 Å². The first kappa shape index (κ1) is 25.0. The standard InChI is InChI=1S/C21H28FN3O3.HI/c1-4-23-21(24-15-20(26)16-5-9-18(27-3)10-6-16)25(2)13-14-28-19-11-7-17(22)8-12-19;/h5-12,20,26H,4,13-15H2,1-3H3,(H,23,24);1H. The largest absolute Gasteiger partial charge is 0.497 e. The molecule has 0 saturated carbocycles. The number of rotatable bonds is 9. The first-order valence-electron chi connectivity index (χ1n) is 9.23. The fourth-order valence-corrected chi connectivity index (χ4v) is 2.51. The molecule has 6 nitrogen and oxygen atoms in total. The maximum Gasteiger partial charge on any atom is 0.193 e. The van der Waals surface area contributed by atoms with Gasteiger partial charge in [-0.25, -0.2) is 4.39 Å². The Hall–Kier alpha value is -2.07. The highest BCUT2D eigenvalue weighted by molar-refractivity contribution is 14.0. The summed E-state index contributed by atoms with van der Waals surface area (Å²) in [4.78, 5) is 6.44. The average Bonchev–Trinajstić information content (AvgIpc) is 2.72. The molecule has 160 valence electrons. The van der Waals surface area contributed by atoms with Crippen molar-refractivity contribution in [1.29, 1.82) is 0 Å². The van der Waals surface area contributed by atoms with Crippen LogP contribution in [0.15, 0.2) is 53.5 Å². The Morgan fingerprint density at radius 2 is 1.76 bits per heavy atom. The van der Waals surface area contributed by atoms with Gasteiger partial charge in [0.1, 0.15) is 23.9 Å². The zero-order chi connectivity index (χ0) is 20.4. The number of benzene rings is 2. The van der Waals surface area contributed by atoms with Gasteiger partial charge < -0.3 is 24.8 Å². The highest BCUT2D eigenvalue weighted by Gasteiger charge is 2.10. The predicted molar refractivity (Wildman–Crippen MR) is 124 cm³/mol. The van der Waals surface area contributed by atoms with Crippen LogP contribution in [-0.4, -0.2) is 56.4 Å². The van der Waals surface area contributed by atoms with Gasteiger partial charge in [-0.2, -0.15) is 0 Å². The van der Waals surface area contributed by atoms with Crippen LogP contribution in [0.2, 0.25) is 0 Å². The molecular weight excluding hydrogens is 488 g/mol. The van der Waals surface area contributed by atoms with Crippen molar-refractivity contribution in [3.63, 3.8) is 0 Å². The van der Waals surface area contributed by atoms with E-state index in [9.17, 15) is 9.50 Å². The molecule has 29 heavy (non-hydrogen) atoms. The summed E-state index contributed by atoms with van der Waals surface area (Å²) in [6, 6.07) is 13.2. The van der Waals surface area contributed by atoms with E-state index in [1.807, 2.05) is 43.1 Å². The van der Waals surface area contributed by atoms with E-state index in [4.69, 9.17) is 9.47 Å². The van der Waals surface area contributed by atoms with Gasteiger partial charge in [-0.3, -0.25) is 4.99 Å². The molecule has 0 aliphatic rings. The number of guanidine groups is 1. The van der Waals surface area contributed by atoms with Crippen molar-refractivity contribution in [1.82, 2.24) is 10.2 Å². The highest BCUT2D eigenvalue weighted by Crippen LogP contribution is 2.18. The first-order chi connectivity index (χ1) is 13.5. The molecule has 2 aromatic carbocycles. The summed E-state index contributed by atoms with van der Waals surface area (Å²) in [5.41, 5.74) is 0.780. The number of nitrogens with one attached hydrogen (secondary N) is 1. The summed E-state index contributed by atoms with van der Waals surface area (Å²) < 4.78 is 23.7. The number of halogens is 2. The number of hydrogen-bond donors (Lipinski definition) is 2. The van der Waals surface area contributed by atoms with E-state index in [0.717, 1.165) is 11.3 Å². The van der Waals surface area contributed by atoms with Crippen LogP contribution in [0.5, 0.6) is 11.5 Å². The number of methoxy groups -OCH3 is 1. The second-order valence-corrected chi connectivity index (χ2v) is 6.21. The maximum absolute atomic E-state index is 12.9. The fourth-order valence-electron chi connectivity index (χ4n) is 2.51. The topological polar surface area (TPSA) is 66.3 Å². The van der Waals surface area contributed by atoms with E-state index < -0.39 is 6.10 Å². The van der Waals surface area contributed by atoms with Crippen molar-refractivity contribution in [2.24, 2.45) is 4.99 Å². The second-order valence-electron chi connectivity index (χ2n) is 6.21. The lowest BCUT2D eigenvalue weighted by Crippen LogP contribution is -2.41. The van der Waals surface area contributed by atoms with Gasteiger partial charge >= 0.3 is 0 Å². The van der Waals surface area contributed by atoms with E-state index in [1.54, 1.807) is 19.2 Å². The van der Waals surface area contributed by atoms with Gasteiger partial charge in [0.2, 0.25) is 0 Å². The van der Waals surface area contributed by atoms with Gasteiger partial charge in [-0.15, -0.1) is 24.0 Å². The number of hydrogen-bond acceptors (Lipinski definition) is 4. The average molecular weight is 517 g/mol. The molecule has 1 unspecified atom stereocenters. The summed E-state index contributed by atoms with van der Waals surface area (Å²) in [6.07, 6.45) is -0.705. The molecule has 1 atom stereocenters. The van der Waals surface area contributed by atoms with E-state index >= 15 is 0 Å². The molecule has 0 amide bonds. The second kappa shape index (κ2) is 13.2. The van der Waals surface area contributed by atoms with Gasteiger partial charge in [-0.1, -0.05) is 12.1 Å². The SMILES string of the molecule is CCNC(=NCC(O)c1ccc(OC)cc1)N(C)CCOc1ccc(F)cc1.I. The molecule has 0 saturated heterocycles. The molecule has 0 bridgehead atoms. The fraction of sp³-hybridized carbons (Fsp3) is 0.381. The molecule has 2 aromatic rings. The lowest BCUT2D eigenvalue weighted by Gasteiger charge is -2.22. The minimum Gasteiger partial charge on any atom is -0.497 e. The zero-order valence-corrected chi connectivity index (χ0v) is 19.3. The van der Waals surface area contributed by atoms with Crippen molar-refractivity contribution in [2.75, 3.05) is 40.4 Å². The molecule has 0 spiro atoms. The third kappa shape index (κ3) is 8.45. The first-order valence-corrected chi connectivity index (χ1v) is 9.23. The van der Waals surface area contributed by atoms with Crippen LogP contribution in [0.4, 0.5) is 4.39 Å². The molecule has 0 heterocycles. The molecule has 0 aliphatic carbocycles. The van der Waals surface area contributed by atoms with Gasteiger partial charge in [0, 0.05) is 13.6 Å². The van der Waals surface area contributed by atoms with Crippen LogP contribution in [0, 0.1) is 5.82 Å². The van der Waals surface area contributed by atoms with Crippen molar-refractivity contribution in [3.05, 3.63) is 59.9 Å². The highest BCUT2D eigenvalue weighted by atomic mass is 127. The van der Waals surface area contributed by atoms with Crippen molar-refractivity contribution in [3.8, 4) is 11.5 Å². The van der Waals surface area contributed by atoms with Crippen LogP contribution in [0.3, 0.4) is 0 Å². The number of nitrogens with zero attached hydrogens (tertiary/aromatic N) is 2. The van der Waals surface area contributed by atoms with Gasteiger partial charge in [0.15, 0.2) is 5.96 Å². The quantitative estimate of drug-likeness (QED) is 0.303. The zero-order valence-electron chi connectivity index (χ0n) is 17.0. The van der Waals surface area contributed by atoms with Crippen LogP contribution >= 0.6 is 24.0 Å². The summed E-state index contributed by atoms with van der Waals surface area (Å²) >= 11 is 0. The van der Waals surface area contributed by atoms with Crippen molar-refractivity contribution in [2.45, 2.75) is 13.0 Å². The Kier molecular flexibility index (Phi) is 11.4. The molecule has 2 N–H and O–H groups in total. The normalized spacial score (nSPS) is 12.0. The smallest absolute Gasteiger partial charge is 0.193 e. The Morgan fingerprint density at radius 1 is 1.14 bits per heavy atom. The molecule has 0 radical (unpaired) electrons. The summed E-state index contributed by atoms with van der Waals surface area (Å²) in [6.45, 7) is 3.94. The third-order valence-corrected chi connectivity index (χ3v) is 4.12. The molecule has 0 aromatic heterocycles. The Morgan fingerprint density at radius 3 is 2.34 bits per heavy atom. The van der Waals surface area contributed by atoms with Crippen molar-refractivity contribution >= 4 is 29.9 Å². The number of aliphatic imine (C=N–C) groups is 1. The lowest BCUT2D eigenvalue weighted by molar-refractivity contribution is 0.186. The monoisotopic (exact) mass is 517 g/mol. The Labute approximate surface area is 188 Å². The minimum atomic E-state index is -0.705. The molecule has 0 aliphatic heterocycles. The Balaban J connectivity index is 0.00000420. The van der Waals surface area contributed by atoms with Gasteiger partial charge in [-0.05, 0) is 48.9 Å². The predicted octanol–water partition coefficient (Wildman–Crippen LogP) is 3.46. The van der Waals surface area contributed by atoms with E-state index in [1.165, 1.54) is 12.1 Å². The van der Waals surface area contributed by atoms with E-state index in [-0.39, 0.29) is 36.3 Å². The van der Waals surface area contributed by atoms with Gasteiger partial charge in [0.05, 0.1) is 26.3 Å². The third-order valence-electron chi connectivity index (χ3n) is 4.12. The summed E-state index contributed by atoms with van der Waals surface area (Å²) in [5, 5.41) is 13.6. The molecule has 2 rings (SSSR count). The van der Waals surface area contributed by atoms with Crippen LogP contribution < -0.4 is 14.8 Å². The van der Waals surface area contributed by atoms with E-state index in [2.05, 4.69) is 10.3 Å². The summed E-state index contributed by atoms with van der Waals surface area (Å²) in [5.74, 6) is 1.75. The number of aliphatic hydroxyl groups excluding tert-OH is 1. The van der Waals surface area contributed by atoms with Crippen LogP contribution in [0.25, 0.3) is 0 Å². The Bertz CT molecular complexity index is 742. The van der Waals surface area contributed by atoms with E-state index in [0.29, 0.717) is 31.4 Å². The van der Waals surface area contributed by atoms with Crippen LogP contribution in [-0.2, 0) is 0 Å². The molecule has 0 fully saturated rings. The molecular formula is C21H29FIN3O3. The van der Waals surface area contributed by atoms with Gasteiger partial charge in [0.25, 0.3) is 0 Å².